The van der Waals surface area contributed by atoms with Crippen LogP contribution in [0.5, 0.6) is 5.75 Å². The number of nitrogens with one attached hydrogen (secondary N) is 1. The summed E-state index contributed by atoms with van der Waals surface area (Å²) in [6.07, 6.45) is -2.64. The summed E-state index contributed by atoms with van der Waals surface area (Å²) < 4.78 is 51.2. The lowest BCUT2D eigenvalue weighted by molar-refractivity contribution is -0.176. The summed E-state index contributed by atoms with van der Waals surface area (Å²) >= 11 is 1.56. The molecule has 0 bridgehead atoms. The number of pyridine rings is 1. The van der Waals surface area contributed by atoms with Crippen LogP contribution in [-0.4, -0.2) is 54.2 Å². The zero-order chi connectivity index (χ0) is 21.4. The Balaban J connectivity index is 1.41. The van der Waals surface area contributed by atoms with Crippen molar-refractivity contribution in [1.29, 1.82) is 0 Å². The number of imidazole rings is 1. The van der Waals surface area contributed by atoms with Gasteiger partial charge in [-0.1, -0.05) is 23.9 Å². The van der Waals surface area contributed by atoms with Crippen LogP contribution in [0, 0.1) is 6.92 Å². The summed E-state index contributed by atoms with van der Waals surface area (Å²) in [7, 11) is 0. The van der Waals surface area contributed by atoms with Gasteiger partial charge in [0.05, 0.1) is 36.6 Å². The number of nitrogens with zero attached hydrogens (tertiary/aromatic N) is 2. The van der Waals surface area contributed by atoms with Crippen LogP contribution in [0.15, 0.2) is 41.6 Å². The number of thioether (sulfide) groups is 1. The van der Waals surface area contributed by atoms with E-state index in [2.05, 4.69) is 19.7 Å². The molecule has 10 heteroatoms. The highest BCUT2D eigenvalue weighted by atomic mass is 32.2. The molecule has 0 spiro atoms. The average molecular weight is 441 g/mol. The Morgan fingerprint density at radius 2 is 1.80 bits per heavy atom. The van der Waals surface area contributed by atoms with Crippen LogP contribution in [0.25, 0.3) is 11.0 Å². The van der Waals surface area contributed by atoms with Gasteiger partial charge in [0.25, 0.3) is 0 Å². The average Bonchev–Trinajstić information content (AvgIpc) is 3.12. The van der Waals surface area contributed by atoms with Gasteiger partial charge in [-0.3, -0.25) is 0 Å². The molecule has 0 unspecified atom stereocenters. The van der Waals surface area contributed by atoms with E-state index in [0.29, 0.717) is 11.5 Å². The van der Waals surface area contributed by atoms with Gasteiger partial charge in [0.1, 0.15) is 29.8 Å². The van der Waals surface area contributed by atoms with Gasteiger partial charge in [0, 0.05) is 11.8 Å². The van der Waals surface area contributed by atoms with Crippen LogP contribution in [0.4, 0.5) is 13.2 Å². The summed E-state index contributed by atoms with van der Waals surface area (Å²) in [5.41, 5.74) is 2.84. The lowest BCUT2D eigenvalue weighted by atomic mass is 10.3. The highest BCUT2D eigenvalue weighted by molar-refractivity contribution is 7.98. The molecule has 0 saturated heterocycles. The Bertz CT molecular complexity index is 917. The van der Waals surface area contributed by atoms with Crippen molar-refractivity contribution >= 4 is 22.8 Å². The van der Waals surface area contributed by atoms with E-state index in [4.69, 9.17) is 9.47 Å². The van der Waals surface area contributed by atoms with Gasteiger partial charge in [0.15, 0.2) is 0 Å². The summed E-state index contributed by atoms with van der Waals surface area (Å²) in [6, 6.07) is 9.63. The molecule has 3 rings (SSSR count). The van der Waals surface area contributed by atoms with E-state index in [1.54, 1.807) is 24.0 Å². The Morgan fingerprint density at radius 3 is 2.60 bits per heavy atom. The smallest absolute Gasteiger partial charge is 0.411 e. The standard InChI is InChI=1S/C20H22F3N3O3S/c1-14-17(29-11-10-27-8-9-28-13-20(21,22)23)6-7-24-19(14)30-12-18-25-15-4-2-3-5-16(15)26-18/h2-7H,8-13H2,1H3,(H,25,26). The number of rotatable bonds is 11. The van der Waals surface area contributed by atoms with Crippen molar-refractivity contribution in [2.24, 2.45) is 0 Å². The molecule has 2 heterocycles. The third kappa shape index (κ3) is 6.89. The maximum Gasteiger partial charge on any atom is 0.411 e. The zero-order valence-corrected chi connectivity index (χ0v) is 17.2. The van der Waals surface area contributed by atoms with Crippen LogP contribution in [0.1, 0.15) is 11.4 Å². The largest absolute Gasteiger partial charge is 0.491 e. The van der Waals surface area contributed by atoms with Crippen LogP contribution >= 0.6 is 11.8 Å². The SMILES string of the molecule is Cc1c(OCCOCCOCC(F)(F)F)ccnc1SCc1nc2ccccc2[nH]1. The molecule has 0 aliphatic carbocycles. The number of alkyl halides is 3. The Morgan fingerprint density at radius 1 is 1.03 bits per heavy atom. The minimum absolute atomic E-state index is 0.0768. The fraction of sp³-hybridized carbons (Fsp3) is 0.400. The van der Waals surface area contributed by atoms with Crippen molar-refractivity contribution in [2.75, 3.05) is 33.0 Å². The number of aromatic nitrogens is 3. The van der Waals surface area contributed by atoms with Gasteiger partial charge in [-0.25, -0.2) is 9.97 Å². The number of para-hydroxylation sites is 2. The van der Waals surface area contributed by atoms with Gasteiger partial charge in [-0.05, 0) is 25.1 Å². The minimum Gasteiger partial charge on any atom is -0.491 e. The Labute approximate surface area is 176 Å². The Kier molecular flexibility index (Phi) is 7.94. The summed E-state index contributed by atoms with van der Waals surface area (Å²) in [4.78, 5) is 12.3. The van der Waals surface area contributed by atoms with Crippen molar-refractivity contribution in [3.63, 3.8) is 0 Å². The minimum atomic E-state index is -4.32. The zero-order valence-electron chi connectivity index (χ0n) is 16.4. The lowest BCUT2D eigenvalue weighted by Gasteiger charge is -2.12. The van der Waals surface area contributed by atoms with Crippen molar-refractivity contribution in [2.45, 2.75) is 23.9 Å². The molecular weight excluding hydrogens is 419 g/mol. The topological polar surface area (TPSA) is 69.3 Å². The first-order chi connectivity index (χ1) is 14.4. The number of aromatic amines is 1. The lowest BCUT2D eigenvalue weighted by Crippen LogP contribution is -2.19. The van der Waals surface area contributed by atoms with E-state index in [1.807, 2.05) is 31.2 Å². The predicted molar refractivity (Wildman–Crippen MR) is 108 cm³/mol. The molecule has 0 aliphatic heterocycles. The second kappa shape index (κ2) is 10.6. The third-order valence-electron chi connectivity index (χ3n) is 4.02. The first kappa shape index (κ1) is 22.4. The van der Waals surface area contributed by atoms with Gasteiger partial charge in [-0.2, -0.15) is 13.2 Å². The molecule has 0 saturated carbocycles. The van der Waals surface area contributed by atoms with Crippen molar-refractivity contribution < 1.29 is 27.4 Å². The van der Waals surface area contributed by atoms with E-state index < -0.39 is 12.8 Å². The predicted octanol–water partition coefficient (Wildman–Crippen LogP) is 4.53. The molecule has 0 aliphatic rings. The molecule has 1 N–H and O–H groups in total. The van der Waals surface area contributed by atoms with Crippen LogP contribution in [-0.2, 0) is 15.2 Å². The maximum absolute atomic E-state index is 11.9. The molecule has 1 aromatic carbocycles. The van der Waals surface area contributed by atoms with Gasteiger partial charge in [0.2, 0.25) is 0 Å². The van der Waals surface area contributed by atoms with E-state index in [1.165, 1.54) is 0 Å². The molecule has 0 atom stereocenters. The van der Waals surface area contributed by atoms with Gasteiger partial charge < -0.3 is 19.2 Å². The third-order valence-corrected chi connectivity index (χ3v) is 5.12. The number of fused-ring (bicyclic) bond motifs is 1. The van der Waals surface area contributed by atoms with Crippen molar-refractivity contribution in [3.05, 3.63) is 47.9 Å². The molecule has 30 heavy (non-hydrogen) atoms. The number of halogens is 3. The molecule has 6 nitrogen and oxygen atoms in total. The number of benzene rings is 1. The van der Waals surface area contributed by atoms with E-state index in [9.17, 15) is 13.2 Å². The molecule has 162 valence electrons. The molecule has 0 radical (unpaired) electrons. The highest BCUT2D eigenvalue weighted by Crippen LogP contribution is 2.29. The van der Waals surface area contributed by atoms with Crippen molar-refractivity contribution in [3.8, 4) is 5.75 Å². The summed E-state index contributed by atoms with van der Waals surface area (Å²) in [5, 5.41) is 0.842. The van der Waals surface area contributed by atoms with E-state index in [0.717, 1.165) is 27.4 Å². The second-order valence-corrected chi connectivity index (χ2v) is 7.32. The molecule has 2 aromatic heterocycles. The first-order valence-corrected chi connectivity index (χ1v) is 10.3. The summed E-state index contributed by atoms with van der Waals surface area (Å²) in [6.45, 7) is 1.15. The second-order valence-electron chi connectivity index (χ2n) is 6.36. The van der Waals surface area contributed by atoms with Crippen LogP contribution in [0.2, 0.25) is 0 Å². The maximum atomic E-state index is 11.9. The monoisotopic (exact) mass is 441 g/mol. The van der Waals surface area contributed by atoms with Crippen LogP contribution < -0.4 is 4.74 Å². The highest BCUT2D eigenvalue weighted by Gasteiger charge is 2.27. The molecule has 0 amide bonds. The molecule has 0 fully saturated rings. The molecule has 3 aromatic rings. The Hall–Kier alpha value is -2.30. The number of hydrogen-bond donors (Lipinski definition) is 1. The quantitative estimate of drug-likeness (QED) is 0.348. The van der Waals surface area contributed by atoms with Gasteiger partial charge in [-0.15, -0.1) is 0 Å². The first-order valence-electron chi connectivity index (χ1n) is 9.29. The van der Waals surface area contributed by atoms with Crippen LogP contribution in [0.3, 0.4) is 0 Å². The fourth-order valence-corrected chi connectivity index (χ4v) is 3.49. The number of ether oxygens (including phenoxy) is 3. The van der Waals surface area contributed by atoms with Crippen molar-refractivity contribution in [1.82, 2.24) is 15.0 Å². The molecular formula is C20H22F3N3O3S. The normalized spacial score (nSPS) is 11.9. The fourth-order valence-electron chi connectivity index (χ4n) is 2.63. The number of hydrogen-bond acceptors (Lipinski definition) is 6. The van der Waals surface area contributed by atoms with E-state index in [-0.39, 0.29) is 26.4 Å². The number of H-pyrrole nitrogens is 1. The van der Waals surface area contributed by atoms with E-state index >= 15 is 0 Å². The van der Waals surface area contributed by atoms with Gasteiger partial charge >= 0.3 is 6.18 Å². The summed E-state index contributed by atoms with van der Waals surface area (Å²) in [5.74, 6) is 2.21.